The number of hydrogen-bond donors (Lipinski definition) is 0. The van der Waals surface area contributed by atoms with Gasteiger partial charge in [-0.15, -0.1) is 22.0 Å². The molecule has 0 fully saturated rings. The van der Waals surface area contributed by atoms with Crippen molar-refractivity contribution in [3.05, 3.63) is 54.2 Å². The second-order valence-electron chi connectivity index (χ2n) is 5.34. The average Bonchev–Trinajstić information content (AvgIpc) is 3.27. The number of rotatable bonds is 5. The summed E-state index contributed by atoms with van der Waals surface area (Å²) in [7, 11) is 1.68. The van der Waals surface area contributed by atoms with Gasteiger partial charge in [-0.1, -0.05) is 17.8 Å². The monoisotopic (exact) mass is 356 g/mol. The van der Waals surface area contributed by atoms with Crippen LogP contribution in [-0.4, -0.2) is 44.3 Å². The van der Waals surface area contributed by atoms with Gasteiger partial charge in [0.05, 0.1) is 18.7 Å². The first-order chi connectivity index (χ1) is 11.8. The van der Waals surface area contributed by atoms with Crippen molar-refractivity contribution in [3.8, 4) is 5.75 Å². The average molecular weight is 356 g/mol. The van der Waals surface area contributed by atoms with Crippen molar-refractivity contribution in [1.29, 1.82) is 0 Å². The first-order valence-electron chi connectivity index (χ1n) is 7.61. The molecule has 0 unspecified atom stereocenters. The van der Waals surface area contributed by atoms with Gasteiger partial charge in [-0.05, 0) is 36.4 Å². The molecule has 7 heteroatoms. The van der Waals surface area contributed by atoms with Gasteiger partial charge in [-0.2, -0.15) is 0 Å². The number of nitrogens with zero attached hydrogens (tertiary/aromatic N) is 4. The molecular weight excluding hydrogens is 340 g/mol. The highest BCUT2D eigenvalue weighted by Crippen LogP contribution is 2.30. The molecule has 1 aliphatic heterocycles. The molecule has 0 radical (unpaired) electrons. The minimum Gasteiger partial charge on any atom is -0.497 e. The molecule has 0 saturated heterocycles. The summed E-state index contributed by atoms with van der Waals surface area (Å²) < 4.78 is 7.23. The van der Waals surface area contributed by atoms with E-state index < -0.39 is 0 Å². The number of thioether (sulfide) groups is 2. The van der Waals surface area contributed by atoms with Gasteiger partial charge in [-0.3, -0.25) is 9.39 Å². The minimum absolute atomic E-state index is 0.461. The second kappa shape index (κ2) is 6.86. The van der Waals surface area contributed by atoms with E-state index in [2.05, 4.69) is 27.3 Å². The number of fused-ring (bicyclic) bond motifs is 1. The molecule has 1 atom stereocenters. The number of aromatic nitrogens is 3. The van der Waals surface area contributed by atoms with E-state index in [9.17, 15) is 0 Å². The van der Waals surface area contributed by atoms with Crippen LogP contribution in [0.4, 0.5) is 0 Å². The first kappa shape index (κ1) is 15.5. The van der Waals surface area contributed by atoms with Crippen LogP contribution < -0.4 is 4.74 Å². The van der Waals surface area contributed by atoms with Crippen molar-refractivity contribution < 1.29 is 4.74 Å². The lowest BCUT2D eigenvalue weighted by atomic mass is 10.2. The molecule has 0 saturated carbocycles. The maximum atomic E-state index is 5.20. The van der Waals surface area contributed by atoms with Gasteiger partial charge in [-0.25, -0.2) is 0 Å². The molecule has 3 aromatic rings. The molecule has 0 spiro atoms. The van der Waals surface area contributed by atoms with Gasteiger partial charge in [0.1, 0.15) is 5.75 Å². The zero-order valence-corrected chi connectivity index (χ0v) is 14.8. The molecular formula is C17H16N4OS2. The topological polar surface area (TPSA) is 51.8 Å². The molecule has 1 aliphatic rings. The van der Waals surface area contributed by atoms with Crippen LogP contribution in [0.25, 0.3) is 5.65 Å². The van der Waals surface area contributed by atoms with Gasteiger partial charge in [0.2, 0.25) is 0 Å². The number of pyridine rings is 1. The zero-order chi connectivity index (χ0) is 16.4. The number of benzene rings is 1. The molecule has 0 N–H and O–H groups in total. The summed E-state index contributed by atoms with van der Waals surface area (Å²) >= 11 is 3.57. The Morgan fingerprint density at radius 2 is 2.08 bits per heavy atom. The first-order valence-corrected chi connectivity index (χ1v) is 9.48. The van der Waals surface area contributed by atoms with Crippen LogP contribution in [0.2, 0.25) is 0 Å². The third-order valence-corrected chi connectivity index (χ3v) is 6.29. The predicted molar refractivity (Wildman–Crippen MR) is 99.5 cm³/mol. The van der Waals surface area contributed by atoms with Crippen LogP contribution in [0.5, 0.6) is 5.75 Å². The molecule has 122 valence electrons. The Hall–Kier alpha value is -1.99. The van der Waals surface area contributed by atoms with Crippen LogP contribution in [0.1, 0.15) is 5.56 Å². The van der Waals surface area contributed by atoms with Gasteiger partial charge in [0, 0.05) is 22.8 Å². The molecule has 1 aromatic carbocycles. The summed E-state index contributed by atoms with van der Waals surface area (Å²) in [5.74, 6) is 1.83. The number of hydrogen-bond acceptors (Lipinski definition) is 6. The van der Waals surface area contributed by atoms with Crippen LogP contribution in [0.15, 0.2) is 58.8 Å². The van der Waals surface area contributed by atoms with Crippen LogP contribution in [0.3, 0.4) is 0 Å². The third-order valence-electron chi connectivity index (χ3n) is 3.73. The highest BCUT2D eigenvalue weighted by molar-refractivity contribution is 8.16. The lowest BCUT2D eigenvalue weighted by Crippen LogP contribution is -2.07. The fourth-order valence-corrected chi connectivity index (χ4v) is 4.68. The summed E-state index contributed by atoms with van der Waals surface area (Å²) in [4.78, 5) is 4.69. The van der Waals surface area contributed by atoms with Crippen molar-refractivity contribution in [2.75, 3.05) is 19.4 Å². The van der Waals surface area contributed by atoms with E-state index in [-0.39, 0.29) is 0 Å². The standard InChI is InChI=1S/C17H16N4OS2/c1-22-13-7-5-12(6-8-13)16-18-10-14(24-16)11-23-17-20-19-15-4-2-3-9-21(15)17/h2-9,14H,10-11H2,1H3/t14-/m0/s1. The Balaban J connectivity index is 1.38. The summed E-state index contributed by atoms with van der Waals surface area (Å²) in [6.07, 6.45) is 2.00. The van der Waals surface area contributed by atoms with Crippen molar-refractivity contribution in [2.24, 2.45) is 4.99 Å². The van der Waals surface area contributed by atoms with Gasteiger partial charge in [0.15, 0.2) is 10.8 Å². The maximum Gasteiger partial charge on any atom is 0.195 e. The Labute approximate surface area is 148 Å². The van der Waals surface area contributed by atoms with Crippen LogP contribution in [0, 0.1) is 0 Å². The highest BCUT2D eigenvalue weighted by Gasteiger charge is 2.21. The molecule has 24 heavy (non-hydrogen) atoms. The molecule has 2 aromatic heterocycles. The van der Waals surface area contributed by atoms with Crippen LogP contribution in [-0.2, 0) is 0 Å². The van der Waals surface area contributed by atoms with Crippen molar-refractivity contribution in [1.82, 2.24) is 14.6 Å². The molecule has 0 aliphatic carbocycles. The highest BCUT2D eigenvalue weighted by atomic mass is 32.2. The quantitative estimate of drug-likeness (QED) is 0.656. The second-order valence-corrected chi connectivity index (χ2v) is 7.61. The van der Waals surface area contributed by atoms with E-state index in [1.54, 1.807) is 18.9 Å². The Morgan fingerprint density at radius 3 is 2.92 bits per heavy atom. The molecule has 4 rings (SSSR count). The van der Waals surface area contributed by atoms with E-state index in [4.69, 9.17) is 4.74 Å². The van der Waals surface area contributed by atoms with Crippen molar-refractivity contribution in [2.45, 2.75) is 10.4 Å². The lowest BCUT2D eigenvalue weighted by molar-refractivity contribution is 0.415. The van der Waals surface area contributed by atoms with E-state index in [0.717, 1.165) is 39.5 Å². The minimum atomic E-state index is 0.461. The Morgan fingerprint density at radius 1 is 1.21 bits per heavy atom. The number of ether oxygens (including phenoxy) is 1. The molecule has 0 amide bonds. The number of methoxy groups -OCH3 is 1. The largest absolute Gasteiger partial charge is 0.497 e. The van der Waals surface area contributed by atoms with Gasteiger partial charge in [0.25, 0.3) is 0 Å². The van der Waals surface area contributed by atoms with E-state index in [0.29, 0.717) is 5.25 Å². The summed E-state index contributed by atoms with van der Waals surface area (Å²) in [6, 6.07) is 14.0. The van der Waals surface area contributed by atoms with Crippen LogP contribution >= 0.6 is 23.5 Å². The normalized spacial score (nSPS) is 17.2. The van der Waals surface area contributed by atoms with E-state index in [1.165, 1.54) is 0 Å². The van der Waals surface area contributed by atoms with Crippen molar-refractivity contribution >= 4 is 34.2 Å². The Kier molecular flexibility index (Phi) is 4.44. The smallest absolute Gasteiger partial charge is 0.195 e. The van der Waals surface area contributed by atoms with E-state index in [1.807, 2.05) is 52.7 Å². The predicted octanol–water partition coefficient (Wildman–Crippen LogP) is 3.39. The summed E-state index contributed by atoms with van der Waals surface area (Å²) in [5, 5.41) is 11.0. The summed E-state index contributed by atoms with van der Waals surface area (Å²) in [5.41, 5.74) is 2.04. The Bertz CT molecular complexity index is 876. The molecule has 5 nitrogen and oxygen atoms in total. The van der Waals surface area contributed by atoms with E-state index >= 15 is 0 Å². The summed E-state index contributed by atoms with van der Waals surface area (Å²) in [6.45, 7) is 0.843. The lowest BCUT2D eigenvalue weighted by Gasteiger charge is -2.07. The fourth-order valence-electron chi connectivity index (χ4n) is 2.48. The fraction of sp³-hybridized carbons (Fsp3) is 0.235. The van der Waals surface area contributed by atoms with Gasteiger partial charge < -0.3 is 4.74 Å². The molecule has 3 heterocycles. The van der Waals surface area contributed by atoms with Gasteiger partial charge >= 0.3 is 0 Å². The SMILES string of the molecule is COc1ccc(C2=NC[C@@H](CSc3nnc4ccccn34)S2)cc1. The third kappa shape index (κ3) is 3.14. The van der Waals surface area contributed by atoms with Crippen molar-refractivity contribution in [3.63, 3.8) is 0 Å². The number of aliphatic imine (C=N–C) groups is 1. The molecule has 0 bridgehead atoms. The zero-order valence-electron chi connectivity index (χ0n) is 13.1. The maximum absolute atomic E-state index is 5.20.